The Balaban J connectivity index is 1.35. The Kier molecular flexibility index (Phi) is 9.06. The number of aryl methyl sites for hydroxylation is 2. The molecule has 3 aromatic rings. The molecular weight excluding hydrogens is 504 g/mol. The molecule has 39 heavy (non-hydrogen) atoms. The molecule has 0 bridgehead atoms. The minimum absolute atomic E-state index is 0.0122. The lowest BCUT2D eigenvalue weighted by Gasteiger charge is -2.17. The molecule has 1 aliphatic heterocycles. The number of carboxylic acids is 1. The molecule has 9 heteroatoms. The number of carbonyl (C=O) groups is 2. The predicted molar refractivity (Wildman–Crippen MR) is 141 cm³/mol. The summed E-state index contributed by atoms with van der Waals surface area (Å²) in [5.41, 5.74) is 1.72. The van der Waals surface area contributed by atoms with Crippen molar-refractivity contribution in [1.82, 2.24) is 0 Å². The Hall–Kier alpha value is -4.08. The first-order chi connectivity index (χ1) is 18.6. The van der Waals surface area contributed by atoms with Gasteiger partial charge in [0.1, 0.15) is 30.0 Å². The molecule has 0 radical (unpaired) electrons. The van der Waals surface area contributed by atoms with Crippen molar-refractivity contribution in [3.05, 3.63) is 77.9 Å². The van der Waals surface area contributed by atoms with Gasteiger partial charge in [0, 0.05) is 18.9 Å². The van der Waals surface area contributed by atoms with Gasteiger partial charge < -0.3 is 33.9 Å². The standard InChI is InChI=1S/C30H32O9/c1-30(2)36-19-25(39-30)18-35-29(34)15-10-20-6-11-23(12-7-20)37-26-13-8-21(9-14-28(32)33)16-27(26)38-24-5-3-4-22(31)17-24/h3-8,11-13,16-17,25,31H,9-10,14-15,18-19H2,1-2H3,(H,32,33)/t25-/m1/s1. The monoisotopic (exact) mass is 536 g/mol. The van der Waals surface area contributed by atoms with Gasteiger partial charge in [-0.25, -0.2) is 0 Å². The average molecular weight is 537 g/mol. The Labute approximate surface area is 226 Å². The molecule has 0 amide bonds. The van der Waals surface area contributed by atoms with Gasteiger partial charge >= 0.3 is 11.9 Å². The second-order valence-electron chi connectivity index (χ2n) is 9.65. The van der Waals surface area contributed by atoms with Crippen LogP contribution < -0.4 is 9.47 Å². The first-order valence-corrected chi connectivity index (χ1v) is 12.7. The van der Waals surface area contributed by atoms with E-state index in [0.29, 0.717) is 42.4 Å². The second kappa shape index (κ2) is 12.6. The van der Waals surface area contributed by atoms with E-state index >= 15 is 0 Å². The number of esters is 1. The first kappa shape index (κ1) is 27.9. The van der Waals surface area contributed by atoms with Crippen molar-refractivity contribution in [2.75, 3.05) is 13.2 Å². The fourth-order valence-electron chi connectivity index (χ4n) is 4.00. The summed E-state index contributed by atoms with van der Waals surface area (Å²) in [6.07, 6.45) is 0.811. The quantitative estimate of drug-likeness (QED) is 0.284. The number of aromatic hydroxyl groups is 1. The van der Waals surface area contributed by atoms with Gasteiger partial charge in [0.05, 0.1) is 6.61 Å². The molecule has 0 unspecified atom stereocenters. The molecule has 0 saturated carbocycles. The third kappa shape index (κ3) is 8.73. The Morgan fingerprint density at radius 1 is 0.897 bits per heavy atom. The van der Waals surface area contributed by atoms with Crippen LogP contribution in [0.1, 0.15) is 37.8 Å². The van der Waals surface area contributed by atoms with E-state index in [9.17, 15) is 14.7 Å². The maximum Gasteiger partial charge on any atom is 0.306 e. The topological polar surface area (TPSA) is 121 Å². The van der Waals surface area contributed by atoms with Gasteiger partial charge in [0.25, 0.3) is 0 Å². The number of carbonyl (C=O) groups excluding carboxylic acids is 1. The molecular formula is C30H32O9. The first-order valence-electron chi connectivity index (χ1n) is 12.7. The Morgan fingerprint density at radius 2 is 1.62 bits per heavy atom. The molecule has 3 aromatic carbocycles. The highest BCUT2D eigenvalue weighted by Crippen LogP contribution is 2.37. The fourth-order valence-corrected chi connectivity index (χ4v) is 4.00. The smallest absolute Gasteiger partial charge is 0.306 e. The van der Waals surface area contributed by atoms with Crippen LogP contribution in [0.5, 0.6) is 28.7 Å². The zero-order valence-electron chi connectivity index (χ0n) is 21.9. The van der Waals surface area contributed by atoms with Crippen molar-refractivity contribution in [2.45, 2.75) is 51.4 Å². The van der Waals surface area contributed by atoms with Crippen molar-refractivity contribution in [1.29, 1.82) is 0 Å². The maximum absolute atomic E-state index is 12.2. The third-order valence-corrected chi connectivity index (χ3v) is 5.95. The SMILES string of the molecule is CC1(C)OC[C@@H](COC(=O)CCc2ccc(Oc3ccc(CCC(=O)O)cc3Oc3cccc(O)c3)cc2)O1. The summed E-state index contributed by atoms with van der Waals surface area (Å²) >= 11 is 0. The van der Waals surface area contributed by atoms with E-state index in [1.165, 1.54) is 12.1 Å². The van der Waals surface area contributed by atoms with Gasteiger partial charge in [0.15, 0.2) is 17.3 Å². The molecule has 0 aromatic heterocycles. The molecule has 9 nitrogen and oxygen atoms in total. The number of rotatable bonds is 12. The van der Waals surface area contributed by atoms with Gasteiger partial charge in [-0.05, 0) is 74.2 Å². The summed E-state index contributed by atoms with van der Waals surface area (Å²) in [6, 6.07) is 18.9. The summed E-state index contributed by atoms with van der Waals surface area (Å²) < 4.78 is 28.5. The largest absolute Gasteiger partial charge is 0.508 e. The van der Waals surface area contributed by atoms with E-state index in [4.69, 9.17) is 28.8 Å². The number of phenols is 1. The molecule has 1 saturated heterocycles. The lowest BCUT2D eigenvalue weighted by molar-refractivity contribution is -0.158. The zero-order chi connectivity index (χ0) is 27.8. The van der Waals surface area contributed by atoms with Crippen LogP contribution in [0, 0.1) is 0 Å². The van der Waals surface area contributed by atoms with Crippen LogP contribution in [0.2, 0.25) is 0 Å². The highest BCUT2D eigenvalue weighted by molar-refractivity contribution is 5.69. The third-order valence-electron chi connectivity index (χ3n) is 5.95. The van der Waals surface area contributed by atoms with Gasteiger partial charge in [0.2, 0.25) is 0 Å². The fraction of sp³-hybridized carbons (Fsp3) is 0.333. The molecule has 4 rings (SSSR count). The van der Waals surface area contributed by atoms with Crippen molar-refractivity contribution in [2.24, 2.45) is 0 Å². The zero-order valence-corrected chi connectivity index (χ0v) is 21.9. The lowest BCUT2D eigenvalue weighted by Crippen LogP contribution is -2.25. The van der Waals surface area contributed by atoms with Crippen LogP contribution in [0.25, 0.3) is 0 Å². The van der Waals surface area contributed by atoms with Crippen LogP contribution in [0.4, 0.5) is 0 Å². The molecule has 1 atom stereocenters. The highest BCUT2D eigenvalue weighted by Gasteiger charge is 2.33. The van der Waals surface area contributed by atoms with E-state index in [2.05, 4.69) is 0 Å². The highest BCUT2D eigenvalue weighted by atomic mass is 16.7. The van der Waals surface area contributed by atoms with Crippen LogP contribution in [0.3, 0.4) is 0 Å². The van der Waals surface area contributed by atoms with Crippen molar-refractivity contribution >= 4 is 11.9 Å². The van der Waals surface area contributed by atoms with Gasteiger partial charge in [-0.15, -0.1) is 0 Å². The van der Waals surface area contributed by atoms with Crippen molar-refractivity contribution in [3.63, 3.8) is 0 Å². The van der Waals surface area contributed by atoms with Gasteiger partial charge in [-0.3, -0.25) is 9.59 Å². The number of benzene rings is 3. The summed E-state index contributed by atoms with van der Waals surface area (Å²) in [6.45, 7) is 4.20. The van der Waals surface area contributed by atoms with Gasteiger partial charge in [-0.2, -0.15) is 0 Å². The van der Waals surface area contributed by atoms with Crippen molar-refractivity contribution < 1.29 is 43.5 Å². The molecule has 0 spiro atoms. The molecule has 206 valence electrons. The maximum atomic E-state index is 12.2. The summed E-state index contributed by atoms with van der Waals surface area (Å²) in [5, 5.41) is 18.8. The van der Waals surface area contributed by atoms with Crippen LogP contribution >= 0.6 is 0 Å². The number of phenolic OH excluding ortho intramolecular Hbond substituents is 1. The predicted octanol–water partition coefficient (Wildman–Crippen LogP) is 5.62. The van der Waals surface area contributed by atoms with Crippen LogP contribution in [-0.4, -0.2) is 47.3 Å². The molecule has 2 N–H and O–H groups in total. The number of hydrogen-bond donors (Lipinski definition) is 2. The van der Waals surface area contributed by atoms with E-state index in [-0.39, 0.29) is 37.3 Å². The van der Waals surface area contributed by atoms with E-state index in [1.807, 2.05) is 26.0 Å². The Bertz CT molecular complexity index is 1280. The lowest BCUT2D eigenvalue weighted by atomic mass is 10.1. The number of hydrogen-bond acceptors (Lipinski definition) is 8. The second-order valence-corrected chi connectivity index (χ2v) is 9.65. The normalized spacial score (nSPS) is 16.0. The van der Waals surface area contributed by atoms with Gasteiger partial charge in [-0.1, -0.05) is 24.3 Å². The summed E-state index contributed by atoms with van der Waals surface area (Å²) in [7, 11) is 0. The van der Waals surface area contributed by atoms with E-state index in [0.717, 1.165) is 11.1 Å². The minimum Gasteiger partial charge on any atom is -0.508 e. The Morgan fingerprint density at radius 3 is 2.31 bits per heavy atom. The molecule has 1 fully saturated rings. The minimum atomic E-state index is -0.888. The summed E-state index contributed by atoms with van der Waals surface area (Å²) in [5.74, 6) is -0.0112. The van der Waals surface area contributed by atoms with Crippen molar-refractivity contribution in [3.8, 4) is 28.7 Å². The van der Waals surface area contributed by atoms with Crippen LogP contribution in [0.15, 0.2) is 66.7 Å². The van der Waals surface area contributed by atoms with Crippen LogP contribution in [-0.2, 0) is 36.6 Å². The molecule has 0 aliphatic carbocycles. The number of carboxylic acid groups (broad SMARTS) is 1. The molecule has 1 aliphatic rings. The summed E-state index contributed by atoms with van der Waals surface area (Å²) in [4.78, 5) is 23.2. The molecule has 1 heterocycles. The van der Waals surface area contributed by atoms with E-state index < -0.39 is 11.8 Å². The average Bonchev–Trinajstić information content (AvgIpc) is 3.25. The number of aliphatic carboxylic acids is 1. The van der Waals surface area contributed by atoms with E-state index in [1.54, 1.807) is 42.5 Å². The number of ether oxygens (including phenoxy) is 5.